The lowest BCUT2D eigenvalue weighted by Gasteiger charge is -2.34. The molecule has 6 heteroatoms. The summed E-state index contributed by atoms with van der Waals surface area (Å²) in [6.07, 6.45) is 4.01. The van der Waals surface area contributed by atoms with Crippen molar-refractivity contribution in [2.75, 3.05) is 26.2 Å². The Kier molecular flexibility index (Phi) is 4.26. The molecule has 0 aliphatic carbocycles. The third-order valence-electron chi connectivity index (χ3n) is 4.66. The maximum Gasteiger partial charge on any atom is 0.264 e. The van der Waals surface area contributed by atoms with Crippen LogP contribution in [-0.4, -0.2) is 46.3 Å². The number of fused-ring (bicyclic) bond motifs is 1. The van der Waals surface area contributed by atoms with Crippen molar-refractivity contribution in [3.05, 3.63) is 64.1 Å². The van der Waals surface area contributed by atoms with E-state index in [-0.39, 0.29) is 5.91 Å². The first-order chi connectivity index (χ1) is 12.3. The molecule has 1 amide bonds. The molecule has 126 valence electrons. The second-order valence-corrected chi connectivity index (χ2v) is 7.13. The molecule has 5 nitrogen and oxygen atoms in total. The highest BCUT2D eigenvalue weighted by atomic mass is 32.1. The number of rotatable bonds is 3. The van der Waals surface area contributed by atoms with E-state index < -0.39 is 0 Å². The van der Waals surface area contributed by atoms with Crippen molar-refractivity contribution in [1.82, 2.24) is 14.2 Å². The van der Waals surface area contributed by atoms with Crippen molar-refractivity contribution in [3.63, 3.8) is 0 Å². The average Bonchev–Trinajstić information content (AvgIpc) is 3.29. The van der Waals surface area contributed by atoms with Gasteiger partial charge in [-0.1, -0.05) is 12.1 Å². The summed E-state index contributed by atoms with van der Waals surface area (Å²) < 4.78 is 2.00. The SMILES string of the molecule is N#Cc1c(CN2CCN(C(=O)c3cccs3)CC2)cn2ccccc12. The minimum Gasteiger partial charge on any atom is -0.335 e. The van der Waals surface area contributed by atoms with Gasteiger partial charge in [0.1, 0.15) is 6.07 Å². The second kappa shape index (κ2) is 6.71. The zero-order valence-electron chi connectivity index (χ0n) is 13.8. The van der Waals surface area contributed by atoms with Gasteiger partial charge in [0.05, 0.1) is 16.0 Å². The Morgan fingerprint density at radius 3 is 2.72 bits per heavy atom. The van der Waals surface area contributed by atoms with E-state index in [1.165, 1.54) is 11.3 Å². The van der Waals surface area contributed by atoms with Gasteiger partial charge in [0.15, 0.2) is 0 Å². The number of nitrogens with zero attached hydrogens (tertiary/aromatic N) is 4. The van der Waals surface area contributed by atoms with Crippen LogP contribution in [0.15, 0.2) is 48.1 Å². The molecule has 0 aromatic carbocycles. The molecule has 1 fully saturated rings. The summed E-state index contributed by atoms with van der Waals surface area (Å²) in [6, 6.07) is 12.0. The van der Waals surface area contributed by atoms with Crippen molar-refractivity contribution in [2.45, 2.75) is 6.54 Å². The van der Waals surface area contributed by atoms with Crippen molar-refractivity contribution in [3.8, 4) is 6.07 Å². The van der Waals surface area contributed by atoms with Crippen LogP contribution >= 0.6 is 11.3 Å². The van der Waals surface area contributed by atoms with E-state index in [0.717, 1.165) is 54.2 Å². The summed E-state index contributed by atoms with van der Waals surface area (Å²) in [5.74, 6) is 0.127. The zero-order valence-corrected chi connectivity index (χ0v) is 14.6. The normalized spacial score (nSPS) is 15.4. The van der Waals surface area contributed by atoms with Crippen LogP contribution in [0.3, 0.4) is 0 Å². The van der Waals surface area contributed by atoms with E-state index in [9.17, 15) is 10.1 Å². The molecular formula is C19H18N4OS. The van der Waals surface area contributed by atoms with Crippen molar-refractivity contribution >= 4 is 22.8 Å². The molecule has 0 saturated carbocycles. The zero-order chi connectivity index (χ0) is 17.2. The highest BCUT2D eigenvalue weighted by Gasteiger charge is 2.23. The highest BCUT2D eigenvalue weighted by molar-refractivity contribution is 7.12. The van der Waals surface area contributed by atoms with Gasteiger partial charge < -0.3 is 9.30 Å². The Hall–Kier alpha value is -2.62. The molecule has 1 aliphatic rings. The fraction of sp³-hybridized carbons (Fsp3) is 0.263. The Balaban J connectivity index is 1.44. The summed E-state index contributed by atoms with van der Waals surface area (Å²) in [5, 5.41) is 11.5. The fourth-order valence-corrected chi connectivity index (χ4v) is 4.02. The molecule has 0 unspecified atom stereocenters. The maximum absolute atomic E-state index is 12.4. The minimum atomic E-state index is 0.127. The quantitative estimate of drug-likeness (QED) is 0.730. The van der Waals surface area contributed by atoms with Gasteiger partial charge in [-0.05, 0) is 23.6 Å². The minimum absolute atomic E-state index is 0.127. The second-order valence-electron chi connectivity index (χ2n) is 6.18. The van der Waals surface area contributed by atoms with Crippen LogP contribution in [-0.2, 0) is 6.54 Å². The molecule has 0 bridgehead atoms. The summed E-state index contributed by atoms with van der Waals surface area (Å²) in [6.45, 7) is 3.85. The van der Waals surface area contributed by atoms with Gasteiger partial charge in [-0.2, -0.15) is 5.26 Å². The monoisotopic (exact) mass is 350 g/mol. The first-order valence-corrected chi connectivity index (χ1v) is 9.18. The van der Waals surface area contributed by atoms with E-state index in [4.69, 9.17) is 0 Å². The van der Waals surface area contributed by atoms with Crippen LogP contribution in [0.4, 0.5) is 0 Å². The predicted molar refractivity (Wildman–Crippen MR) is 97.6 cm³/mol. The van der Waals surface area contributed by atoms with Gasteiger partial charge in [0, 0.05) is 50.7 Å². The third-order valence-corrected chi connectivity index (χ3v) is 5.52. The summed E-state index contributed by atoms with van der Waals surface area (Å²) in [5.41, 5.74) is 2.75. The number of piperazine rings is 1. The van der Waals surface area contributed by atoms with Crippen molar-refractivity contribution in [2.24, 2.45) is 0 Å². The molecule has 4 heterocycles. The lowest BCUT2D eigenvalue weighted by Crippen LogP contribution is -2.48. The van der Waals surface area contributed by atoms with Crippen LogP contribution in [0.5, 0.6) is 0 Å². The molecule has 1 saturated heterocycles. The molecular weight excluding hydrogens is 332 g/mol. The summed E-state index contributed by atoms with van der Waals surface area (Å²) >= 11 is 1.49. The number of pyridine rings is 1. The lowest BCUT2D eigenvalue weighted by molar-refractivity contribution is 0.0633. The largest absolute Gasteiger partial charge is 0.335 e. The number of hydrogen-bond donors (Lipinski definition) is 0. The van der Waals surface area contributed by atoms with Crippen LogP contribution in [0, 0.1) is 11.3 Å². The van der Waals surface area contributed by atoms with Gasteiger partial charge >= 0.3 is 0 Å². The van der Waals surface area contributed by atoms with Crippen molar-refractivity contribution < 1.29 is 4.79 Å². The number of nitriles is 1. The van der Waals surface area contributed by atoms with Crippen LogP contribution in [0.1, 0.15) is 20.8 Å². The molecule has 1 aliphatic heterocycles. The molecule has 3 aromatic heterocycles. The number of carbonyl (C=O) groups excluding carboxylic acids is 1. The predicted octanol–water partition coefficient (Wildman–Crippen LogP) is 2.83. The standard InChI is InChI=1S/C19H18N4OS/c20-12-16-15(14-23-6-2-1-4-17(16)23)13-21-7-9-22(10-8-21)19(24)18-5-3-11-25-18/h1-6,11,14H,7-10,13H2. The average molecular weight is 350 g/mol. The van der Waals surface area contributed by atoms with Crippen molar-refractivity contribution in [1.29, 1.82) is 5.26 Å². The van der Waals surface area contributed by atoms with E-state index in [0.29, 0.717) is 0 Å². The Morgan fingerprint density at radius 1 is 1.16 bits per heavy atom. The van der Waals surface area contributed by atoms with E-state index in [1.54, 1.807) is 0 Å². The molecule has 0 spiro atoms. The third kappa shape index (κ3) is 3.04. The number of aromatic nitrogens is 1. The molecule has 3 aromatic rings. The number of hydrogen-bond acceptors (Lipinski definition) is 4. The Bertz CT molecular complexity index is 930. The maximum atomic E-state index is 12.4. The van der Waals surface area contributed by atoms with E-state index in [1.807, 2.05) is 57.4 Å². The number of carbonyl (C=O) groups is 1. The molecule has 0 atom stereocenters. The Morgan fingerprint density at radius 2 is 2.00 bits per heavy atom. The Labute approximate surface area is 150 Å². The van der Waals surface area contributed by atoms with Gasteiger partial charge in [0.25, 0.3) is 5.91 Å². The topological polar surface area (TPSA) is 51.8 Å². The lowest BCUT2D eigenvalue weighted by atomic mass is 10.1. The van der Waals surface area contributed by atoms with Gasteiger partial charge in [-0.15, -0.1) is 11.3 Å². The van der Waals surface area contributed by atoms with Gasteiger partial charge in [-0.25, -0.2) is 0 Å². The van der Waals surface area contributed by atoms with Crippen LogP contribution in [0.25, 0.3) is 5.52 Å². The van der Waals surface area contributed by atoms with Gasteiger partial charge in [0.2, 0.25) is 0 Å². The number of thiophene rings is 1. The van der Waals surface area contributed by atoms with Crippen LogP contribution in [0.2, 0.25) is 0 Å². The van der Waals surface area contributed by atoms with E-state index >= 15 is 0 Å². The molecule has 0 N–H and O–H groups in total. The van der Waals surface area contributed by atoms with Gasteiger partial charge in [-0.3, -0.25) is 9.69 Å². The van der Waals surface area contributed by atoms with E-state index in [2.05, 4.69) is 11.0 Å². The first-order valence-electron chi connectivity index (χ1n) is 8.30. The molecule has 4 rings (SSSR count). The summed E-state index contributed by atoms with van der Waals surface area (Å²) in [4.78, 5) is 17.5. The number of amides is 1. The van der Waals surface area contributed by atoms with Crippen LogP contribution < -0.4 is 0 Å². The molecule has 25 heavy (non-hydrogen) atoms. The highest BCUT2D eigenvalue weighted by Crippen LogP contribution is 2.20. The first kappa shape index (κ1) is 15.9. The molecule has 0 radical (unpaired) electrons. The smallest absolute Gasteiger partial charge is 0.264 e. The summed E-state index contributed by atoms with van der Waals surface area (Å²) in [7, 11) is 0. The fourth-order valence-electron chi connectivity index (χ4n) is 3.33.